The van der Waals surface area contributed by atoms with Gasteiger partial charge in [0, 0.05) is 11.9 Å². The third kappa shape index (κ3) is 4.97. The molecular weight excluding hydrogens is 440 g/mol. The number of aryl methyl sites for hydroxylation is 4. The number of fused-ring (bicyclic) bond motifs is 1. The predicted octanol–water partition coefficient (Wildman–Crippen LogP) is 5.27. The first kappa shape index (κ1) is 23.5. The van der Waals surface area contributed by atoms with Crippen molar-refractivity contribution in [2.75, 3.05) is 5.32 Å². The molecule has 7 heteroatoms. The van der Waals surface area contributed by atoms with E-state index in [-0.39, 0.29) is 17.0 Å². The average Bonchev–Trinajstić information content (AvgIpc) is 2.82. The largest absolute Gasteiger partial charge is 0.438 e. The van der Waals surface area contributed by atoms with Crippen LogP contribution in [-0.4, -0.2) is 15.3 Å². The van der Waals surface area contributed by atoms with Gasteiger partial charge in [-0.3, -0.25) is 14.0 Å². The molecule has 0 aliphatic carbocycles. The van der Waals surface area contributed by atoms with Crippen molar-refractivity contribution in [1.29, 1.82) is 5.26 Å². The Balaban J connectivity index is 1.82. The molecule has 1 amide bonds. The summed E-state index contributed by atoms with van der Waals surface area (Å²) in [5, 5.41) is 12.5. The zero-order valence-corrected chi connectivity index (χ0v) is 19.9. The van der Waals surface area contributed by atoms with Gasteiger partial charge in [0.25, 0.3) is 11.5 Å². The van der Waals surface area contributed by atoms with Crippen LogP contribution >= 0.6 is 0 Å². The minimum Gasteiger partial charge on any atom is -0.438 e. The maximum Gasteiger partial charge on any atom is 0.269 e. The van der Waals surface area contributed by atoms with Crippen molar-refractivity contribution in [2.45, 2.75) is 27.7 Å². The van der Waals surface area contributed by atoms with Crippen molar-refractivity contribution in [3.63, 3.8) is 0 Å². The van der Waals surface area contributed by atoms with Crippen molar-refractivity contribution in [3.8, 4) is 17.7 Å². The van der Waals surface area contributed by atoms with Gasteiger partial charge in [-0.25, -0.2) is 0 Å². The number of carbonyl (C=O) groups excluding carboxylic acids is 1. The third-order valence-corrected chi connectivity index (χ3v) is 5.67. The Labute approximate surface area is 203 Å². The van der Waals surface area contributed by atoms with Crippen LogP contribution in [0, 0.1) is 39.0 Å². The molecule has 0 saturated carbocycles. The van der Waals surface area contributed by atoms with Gasteiger partial charge in [-0.15, -0.1) is 0 Å². The highest BCUT2D eigenvalue weighted by molar-refractivity contribution is 6.09. The monoisotopic (exact) mass is 464 g/mol. The van der Waals surface area contributed by atoms with Crippen LogP contribution in [0.1, 0.15) is 27.8 Å². The van der Waals surface area contributed by atoms with E-state index in [1.165, 1.54) is 10.5 Å². The number of benzene rings is 2. The smallest absolute Gasteiger partial charge is 0.269 e. The van der Waals surface area contributed by atoms with Crippen molar-refractivity contribution in [1.82, 2.24) is 9.38 Å². The molecule has 35 heavy (non-hydrogen) atoms. The first-order valence-electron chi connectivity index (χ1n) is 11.0. The highest BCUT2D eigenvalue weighted by Crippen LogP contribution is 2.25. The number of ether oxygens (including phenoxy) is 1. The van der Waals surface area contributed by atoms with Crippen LogP contribution in [0.2, 0.25) is 0 Å². The van der Waals surface area contributed by atoms with Crippen LogP contribution in [-0.2, 0) is 4.79 Å². The molecule has 7 nitrogen and oxygen atoms in total. The summed E-state index contributed by atoms with van der Waals surface area (Å²) in [5.74, 6) is -0.129. The normalized spacial score (nSPS) is 11.2. The van der Waals surface area contributed by atoms with E-state index in [0.29, 0.717) is 17.1 Å². The molecule has 2 aromatic heterocycles. The Morgan fingerprint density at radius 2 is 1.83 bits per heavy atom. The number of hydrogen-bond donors (Lipinski definition) is 1. The van der Waals surface area contributed by atoms with Gasteiger partial charge in [-0.1, -0.05) is 24.3 Å². The SMILES string of the molecule is Cc1cccc(Oc2nc3c(C)cccn3c(=O)c2/C=C(/C#N)C(=O)Nc2ccc(C)c(C)c2)c1. The minimum absolute atomic E-state index is 0.00129. The van der Waals surface area contributed by atoms with Crippen LogP contribution in [0.25, 0.3) is 11.7 Å². The standard InChI is InChI=1S/C28H24N4O3/c1-17-7-5-9-23(13-17)35-27-24(28(34)32-12-6-8-19(3)25(32)31-27)15-21(16-29)26(33)30-22-11-10-18(2)20(4)14-22/h5-15H,1-4H3,(H,30,33)/b21-15-. The number of hydrogen-bond acceptors (Lipinski definition) is 5. The number of nitriles is 1. The van der Waals surface area contributed by atoms with Gasteiger partial charge >= 0.3 is 0 Å². The Morgan fingerprint density at radius 1 is 1.03 bits per heavy atom. The fourth-order valence-corrected chi connectivity index (χ4v) is 3.59. The van der Waals surface area contributed by atoms with Crippen molar-refractivity contribution < 1.29 is 9.53 Å². The van der Waals surface area contributed by atoms with Gasteiger partial charge in [-0.2, -0.15) is 10.2 Å². The van der Waals surface area contributed by atoms with Crippen molar-refractivity contribution >= 4 is 23.3 Å². The zero-order chi connectivity index (χ0) is 25.1. The van der Waals surface area contributed by atoms with E-state index in [4.69, 9.17) is 4.74 Å². The predicted molar refractivity (Wildman–Crippen MR) is 136 cm³/mol. The molecule has 0 spiro atoms. The van der Waals surface area contributed by atoms with Crippen LogP contribution in [0.15, 0.2) is 71.2 Å². The summed E-state index contributed by atoms with van der Waals surface area (Å²) in [6.45, 7) is 7.67. The molecule has 2 aromatic carbocycles. The summed E-state index contributed by atoms with van der Waals surface area (Å²) < 4.78 is 7.37. The lowest BCUT2D eigenvalue weighted by Crippen LogP contribution is -2.20. The third-order valence-electron chi connectivity index (χ3n) is 5.67. The molecule has 0 radical (unpaired) electrons. The number of anilines is 1. The molecule has 0 bridgehead atoms. The molecular formula is C28H24N4O3. The molecule has 0 aliphatic heterocycles. The Bertz CT molecular complexity index is 1590. The summed E-state index contributed by atoms with van der Waals surface area (Å²) in [5.41, 5.74) is 4.13. The van der Waals surface area contributed by atoms with Gasteiger partial charge in [0.1, 0.15) is 28.6 Å². The summed E-state index contributed by atoms with van der Waals surface area (Å²) in [7, 11) is 0. The first-order chi connectivity index (χ1) is 16.8. The lowest BCUT2D eigenvalue weighted by molar-refractivity contribution is -0.112. The summed E-state index contributed by atoms with van der Waals surface area (Å²) in [6.07, 6.45) is 2.82. The number of rotatable bonds is 5. The fraction of sp³-hybridized carbons (Fsp3) is 0.143. The molecule has 4 aromatic rings. The van der Waals surface area contributed by atoms with E-state index >= 15 is 0 Å². The van der Waals surface area contributed by atoms with E-state index < -0.39 is 11.5 Å². The Hall–Kier alpha value is -4.70. The van der Waals surface area contributed by atoms with Crippen molar-refractivity contribution in [3.05, 3.63) is 105 Å². The second-order valence-electron chi connectivity index (χ2n) is 8.36. The highest BCUT2D eigenvalue weighted by atomic mass is 16.5. The van der Waals surface area contributed by atoms with Gasteiger partial charge in [0.2, 0.25) is 5.88 Å². The van der Waals surface area contributed by atoms with Crippen molar-refractivity contribution in [2.24, 2.45) is 0 Å². The molecule has 1 N–H and O–H groups in total. The number of aromatic nitrogens is 2. The average molecular weight is 465 g/mol. The van der Waals surface area contributed by atoms with Crippen LogP contribution in [0.3, 0.4) is 0 Å². The fourth-order valence-electron chi connectivity index (χ4n) is 3.59. The van der Waals surface area contributed by atoms with E-state index in [9.17, 15) is 14.9 Å². The van der Waals surface area contributed by atoms with E-state index in [0.717, 1.165) is 22.3 Å². The zero-order valence-electron chi connectivity index (χ0n) is 19.9. The summed E-state index contributed by atoms with van der Waals surface area (Å²) in [6, 6.07) is 18.3. The second kappa shape index (κ2) is 9.65. The lowest BCUT2D eigenvalue weighted by Gasteiger charge is -2.12. The number of pyridine rings is 1. The molecule has 4 rings (SSSR count). The number of amides is 1. The Kier molecular flexibility index (Phi) is 6.47. The van der Waals surface area contributed by atoms with Gasteiger partial charge in [-0.05, 0) is 86.4 Å². The maximum atomic E-state index is 13.4. The number of nitrogens with one attached hydrogen (secondary N) is 1. The molecule has 0 fully saturated rings. The highest BCUT2D eigenvalue weighted by Gasteiger charge is 2.18. The lowest BCUT2D eigenvalue weighted by atomic mass is 10.1. The minimum atomic E-state index is -0.633. The maximum absolute atomic E-state index is 13.4. The van der Waals surface area contributed by atoms with Gasteiger partial charge < -0.3 is 10.1 Å². The first-order valence-corrected chi connectivity index (χ1v) is 11.0. The second-order valence-corrected chi connectivity index (χ2v) is 8.36. The van der Waals surface area contributed by atoms with Crippen LogP contribution < -0.4 is 15.6 Å². The van der Waals surface area contributed by atoms with E-state index in [1.807, 2.05) is 70.2 Å². The molecule has 2 heterocycles. The quantitative estimate of drug-likeness (QED) is 0.321. The number of carbonyl (C=O) groups is 1. The van der Waals surface area contributed by atoms with Crippen LogP contribution in [0.5, 0.6) is 11.6 Å². The summed E-state index contributed by atoms with van der Waals surface area (Å²) >= 11 is 0. The summed E-state index contributed by atoms with van der Waals surface area (Å²) in [4.78, 5) is 30.9. The van der Waals surface area contributed by atoms with Gasteiger partial charge in [0.15, 0.2) is 0 Å². The molecule has 0 atom stereocenters. The molecule has 0 saturated heterocycles. The number of nitrogens with zero attached hydrogens (tertiary/aromatic N) is 3. The molecule has 0 aliphatic rings. The molecule has 0 unspecified atom stereocenters. The molecule has 174 valence electrons. The Morgan fingerprint density at radius 3 is 2.54 bits per heavy atom. The van der Waals surface area contributed by atoms with Gasteiger partial charge in [0.05, 0.1) is 0 Å². The van der Waals surface area contributed by atoms with Crippen LogP contribution in [0.4, 0.5) is 5.69 Å². The van der Waals surface area contributed by atoms with E-state index in [2.05, 4.69) is 10.3 Å². The van der Waals surface area contributed by atoms with E-state index in [1.54, 1.807) is 24.4 Å². The topological polar surface area (TPSA) is 96.5 Å².